The van der Waals surface area contributed by atoms with E-state index in [4.69, 9.17) is 9.47 Å². The van der Waals surface area contributed by atoms with Crippen molar-refractivity contribution in [3.05, 3.63) is 71.8 Å². The Bertz CT molecular complexity index is 715. The Labute approximate surface area is 172 Å². The third kappa shape index (κ3) is 9.90. The van der Waals surface area contributed by atoms with Crippen molar-refractivity contribution in [1.82, 2.24) is 0 Å². The number of hydrogen-bond acceptors (Lipinski definition) is 4. The average Bonchev–Trinajstić information content (AvgIpc) is 2.74. The Morgan fingerprint density at radius 1 is 0.793 bits per heavy atom. The second-order valence-electron chi connectivity index (χ2n) is 7.11. The molecule has 0 fully saturated rings. The van der Waals surface area contributed by atoms with Crippen LogP contribution in [0.25, 0.3) is 0 Å². The molecule has 0 aliphatic carbocycles. The van der Waals surface area contributed by atoms with Gasteiger partial charge in [-0.25, -0.2) is 0 Å². The third-order valence-corrected chi connectivity index (χ3v) is 4.73. The molecule has 29 heavy (non-hydrogen) atoms. The quantitative estimate of drug-likeness (QED) is 0.359. The van der Waals surface area contributed by atoms with Crippen LogP contribution in [0.3, 0.4) is 0 Å². The number of benzene rings is 2. The minimum absolute atomic E-state index is 0.247. The number of esters is 1. The first kappa shape index (κ1) is 22.6. The van der Waals surface area contributed by atoms with Gasteiger partial charge in [0, 0.05) is 13.0 Å². The van der Waals surface area contributed by atoms with E-state index in [1.807, 2.05) is 60.7 Å². The number of hydrogen-bond donors (Lipinski definition) is 1. The summed E-state index contributed by atoms with van der Waals surface area (Å²) in [6.45, 7) is 1.45. The highest BCUT2D eigenvalue weighted by atomic mass is 16.5. The first-order valence-electron chi connectivity index (χ1n) is 10.2. The molecule has 0 radical (unpaired) electrons. The Hall–Kier alpha value is -2.66. The number of carbonyl (C=O) groups is 2. The highest BCUT2D eigenvalue weighted by Gasteiger charge is 2.17. The molecule has 2 rings (SSSR count). The molecule has 0 aromatic heterocycles. The van der Waals surface area contributed by atoms with Crippen molar-refractivity contribution in [2.75, 3.05) is 6.61 Å². The lowest BCUT2D eigenvalue weighted by atomic mass is 9.96. The zero-order chi connectivity index (χ0) is 20.7. The van der Waals surface area contributed by atoms with Crippen LogP contribution in [0, 0.1) is 5.92 Å². The van der Waals surface area contributed by atoms with Crippen molar-refractivity contribution < 1.29 is 24.2 Å². The van der Waals surface area contributed by atoms with E-state index in [0.717, 1.165) is 24.0 Å². The molecule has 0 spiro atoms. The Morgan fingerprint density at radius 3 is 2.00 bits per heavy atom. The van der Waals surface area contributed by atoms with Gasteiger partial charge in [-0.1, -0.05) is 67.1 Å². The minimum atomic E-state index is -0.798. The van der Waals surface area contributed by atoms with Crippen molar-refractivity contribution in [3.63, 3.8) is 0 Å². The van der Waals surface area contributed by atoms with E-state index in [-0.39, 0.29) is 19.0 Å². The molecule has 0 aliphatic heterocycles. The second-order valence-corrected chi connectivity index (χ2v) is 7.11. The summed E-state index contributed by atoms with van der Waals surface area (Å²) in [7, 11) is 0. The topological polar surface area (TPSA) is 72.8 Å². The number of carboxylic acids is 1. The number of ether oxygens (including phenoxy) is 2. The molecule has 0 bridgehead atoms. The molecule has 2 aromatic carbocycles. The summed E-state index contributed by atoms with van der Waals surface area (Å²) in [5, 5.41) is 9.39. The van der Waals surface area contributed by atoms with Gasteiger partial charge in [0.05, 0.1) is 12.5 Å². The van der Waals surface area contributed by atoms with Gasteiger partial charge in [0.25, 0.3) is 0 Å². The lowest BCUT2D eigenvalue weighted by molar-refractivity contribution is -0.146. The molecule has 1 N–H and O–H groups in total. The average molecular weight is 398 g/mol. The molecule has 2 aromatic rings. The fourth-order valence-corrected chi connectivity index (χ4v) is 3.05. The predicted molar refractivity (Wildman–Crippen MR) is 111 cm³/mol. The Kier molecular flexibility index (Phi) is 10.5. The maximum atomic E-state index is 11.8. The van der Waals surface area contributed by atoms with Crippen LogP contribution >= 0.6 is 0 Å². The van der Waals surface area contributed by atoms with Crippen molar-refractivity contribution in [2.24, 2.45) is 5.92 Å². The molecular weight excluding hydrogens is 368 g/mol. The van der Waals surface area contributed by atoms with E-state index in [2.05, 4.69) is 0 Å². The summed E-state index contributed by atoms with van der Waals surface area (Å²) in [5.41, 5.74) is 2.08. The zero-order valence-corrected chi connectivity index (χ0v) is 16.8. The van der Waals surface area contributed by atoms with Gasteiger partial charge < -0.3 is 14.6 Å². The van der Waals surface area contributed by atoms with Crippen LogP contribution in [0.5, 0.6) is 0 Å². The summed E-state index contributed by atoms with van der Waals surface area (Å²) in [6.07, 6.45) is 3.48. The van der Waals surface area contributed by atoms with Gasteiger partial charge in [0.2, 0.25) is 0 Å². The van der Waals surface area contributed by atoms with Crippen LogP contribution in [0.15, 0.2) is 60.7 Å². The second kappa shape index (κ2) is 13.5. The maximum Gasteiger partial charge on any atom is 0.306 e. The number of aliphatic carboxylic acids is 1. The van der Waals surface area contributed by atoms with Crippen molar-refractivity contribution in [3.8, 4) is 0 Å². The number of carboxylic acid groups (broad SMARTS) is 1. The van der Waals surface area contributed by atoms with Crippen LogP contribution in [0.4, 0.5) is 0 Å². The zero-order valence-electron chi connectivity index (χ0n) is 16.8. The van der Waals surface area contributed by atoms with Gasteiger partial charge in [-0.2, -0.15) is 0 Å². The van der Waals surface area contributed by atoms with Crippen LogP contribution in [0.2, 0.25) is 0 Å². The molecule has 0 saturated heterocycles. The molecule has 0 heterocycles. The number of carbonyl (C=O) groups excluding carboxylic acids is 1. The van der Waals surface area contributed by atoms with Gasteiger partial charge >= 0.3 is 11.9 Å². The fourth-order valence-electron chi connectivity index (χ4n) is 3.05. The molecule has 156 valence electrons. The monoisotopic (exact) mass is 398 g/mol. The fraction of sp³-hybridized carbons (Fsp3) is 0.417. The van der Waals surface area contributed by atoms with E-state index in [1.165, 1.54) is 0 Å². The highest BCUT2D eigenvalue weighted by Crippen LogP contribution is 2.17. The summed E-state index contributed by atoms with van der Waals surface area (Å²) >= 11 is 0. The van der Waals surface area contributed by atoms with Crippen LogP contribution in [-0.4, -0.2) is 23.7 Å². The molecule has 1 unspecified atom stereocenters. The highest BCUT2D eigenvalue weighted by molar-refractivity contribution is 5.71. The van der Waals surface area contributed by atoms with Gasteiger partial charge in [-0.15, -0.1) is 0 Å². The van der Waals surface area contributed by atoms with Crippen LogP contribution in [-0.2, 0) is 32.3 Å². The van der Waals surface area contributed by atoms with Crippen molar-refractivity contribution >= 4 is 11.9 Å². The van der Waals surface area contributed by atoms with Gasteiger partial charge in [0.15, 0.2) is 0 Å². The molecule has 0 aliphatic rings. The summed E-state index contributed by atoms with van der Waals surface area (Å²) in [4.78, 5) is 23.3. The van der Waals surface area contributed by atoms with Crippen LogP contribution < -0.4 is 0 Å². The number of rotatable bonds is 14. The molecule has 1 atom stereocenters. The normalized spacial score (nSPS) is 11.7. The van der Waals surface area contributed by atoms with E-state index < -0.39 is 11.9 Å². The van der Waals surface area contributed by atoms with E-state index >= 15 is 0 Å². The van der Waals surface area contributed by atoms with E-state index in [0.29, 0.717) is 32.5 Å². The molecule has 0 saturated carbocycles. The first-order valence-corrected chi connectivity index (χ1v) is 10.2. The van der Waals surface area contributed by atoms with Crippen molar-refractivity contribution in [2.45, 2.75) is 51.7 Å². The maximum absolute atomic E-state index is 11.8. The summed E-state index contributed by atoms with van der Waals surface area (Å²) < 4.78 is 10.9. The number of unbranched alkanes of at least 4 members (excludes halogenated alkanes) is 1. The minimum Gasteiger partial charge on any atom is -0.481 e. The summed E-state index contributed by atoms with van der Waals surface area (Å²) in [6, 6.07) is 19.5. The molecular formula is C24H30O5. The Morgan fingerprint density at radius 2 is 1.38 bits per heavy atom. The smallest absolute Gasteiger partial charge is 0.306 e. The van der Waals surface area contributed by atoms with Gasteiger partial charge in [-0.05, 0) is 36.8 Å². The lowest BCUT2D eigenvalue weighted by Crippen LogP contribution is -2.15. The first-order chi connectivity index (χ1) is 14.1. The largest absolute Gasteiger partial charge is 0.481 e. The SMILES string of the molecule is O=C(CCCC(CCCCOCc1ccccc1)C(=O)O)OCc1ccccc1. The standard InChI is InChI=1S/C24H30O5/c25-23(29-19-21-12-5-2-6-13-21)16-9-15-22(24(26)27)14-7-8-17-28-18-20-10-3-1-4-11-20/h1-6,10-13,22H,7-9,14-19H2,(H,26,27). The van der Waals surface area contributed by atoms with Gasteiger partial charge in [0.1, 0.15) is 6.61 Å². The lowest BCUT2D eigenvalue weighted by Gasteiger charge is -2.12. The third-order valence-electron chi connectivity index (χ3n) is 4.73. The van der Waals surface area contributed by atoms with Crippen molar-refractivity contribution in [1.29, 1.82) is 0 Å². The van der Waals surface area contributed by atoms with Gasteiger partial charge in [-0.3, -0.25) is 9.59 Å². The summed E-state index contributed by atoms with van der Waals surface area (Å²) in [5.74, 6) is -1.51. The van der Waals surface area contributed by atoms with Crippen LogP contribution in [0.1, 0.15) is 49.7 Å². The molecule has 5 heteroatoms. The molecule has 5 nitrogen and oxygen atoms in total. The Balaban J connectivity index is 1.54. The van der Waals surface area contributed by atoms with E-state index in [9.17, 15) is 14.7 Å². The van der Waals surface area contributed by atoms with E-state index in [1.54, 1.807) is 0 Å². The predicted octanol–water partition coefficient (Wildman–Crippen LogP) is 4.99. The molecule has 0 amide bonds.